The standard InChI is InChI=1S/C15H21N5O.2ClH/c1-9(2)20-14-13(8-17-20)12(6-10(3)18-14)15(21)19-11-4-5-16-7-11;;/h6,8-9,11,16H,4-5,7H2,1-3H3,(H,19,21);2*1H. The van der Waals surface area contributed by atoms with Crippen molar-refractivity contribution >= 4 is 41.8 Å². The Morgan fingerprint density at radius 3 is 2.78 bits per heavy atom. The van der Waals surface area contributed by atoms with Crippen molar-refractivity contribution in [2.24, 2.45) is 0 Å². The van der Waals surface area contributed by atoms with Crippen molar-refractivity contribution in [1.29, 1.82) is 0 Å². The summed E-state index contributed by atoms with van der Waals surface area (Å²) in [6, 6.07) is 2.26. The molecule has 0 radical (unpaired) electrons. The lowest BCUT2D eigenvalue weighted by molar-refractivity contribution is 0.0941. The minimum atomic E-state index is -0.0393. The minimum absolute atomic E-state index is 0. The van der Waals surface area contributed by atoms with Crippen LogP contribution in [0.3, 0.4) is 0 Å². The summed E-state index contributed by atoms with van der Waals surface area (Å²) < 4.78 is 1.86. The highest BCUT2D eigenvalue weighted by Gasteiger charge is 2.21. The van der Waals surface area contributed by atoms with Crippen LogP contribution in [0.15, 0.2) is 12.3 Å². The third-order valence-electron chi connectivity index (χ3n) is 3.82. The first kappa shape index (κ1) is 19.7. The quantitative estimate of drug-likeness (QED) is 0.881. The molecule has 0 aromatic carbocycles. The summed E-state index contributed by atoms with van der Waals surface area (Å²) >= 11 is 0. The zero-order chi connectivity index (χ0) is 15.0. The van der Waals surface area contributed by atoms with Gasteiger partial charge in [-0.25, -0.2) is 9.67 Å². The van der Waals surface area contributed by atoms with Crippen molar-refractivity contribution in [3.63, 3.8) is 0 Å². The number of rotatable bonds is 3. The molecule has 1 aliphatic heterocycles. The van der Waals surface area contributed by atoms with Crippen LogP contribution < -0.4 is 10.6 Å². The third kappa shape index (κ3) is 3.94. The molecule has 3 rings (SSSR count). The second kappa shape index (κ2) is 7.95. The van der Waals surface area contributed by atoms with Crippen LogP contribution >= 0.6 is 24.8 Å². The van der Waals surface area contributed by atoms with E-state index < -0.39 is 0 Å². The predicted molar refractivity (Wildman–Crippen MR) is 95.9 cm³/mol. The van der Waals surface area contributed by atoms with Crippen molar-refractivity contribution < 1.29 is 4.79 Å². The molecule has 0 aliphatic carbocycles. The van der Waals surface area contributed by atoms with Crippen molar-refractivity contribution in [2.45, 2.75) is 39.3 Å². The Hall–Kier alpha value is -1.37. The zero-order valence-electron chi connectivity index (χ0n) is 13.5. The van der Waals surface area contributed by atoms with E-state index >= 15 is 0 Å². The summed E-state index contributed by atoms with van der Waals surface area (Å²) in [4.78, 5) is 17.1. The Morgan fingerprint density at radius 2 is 2.17 bits per heavy atom. The number of hydrogen-bond acceptors (Lipinski definition) is 4. The number of carbonyl (C=O) groups is 1. The number of carbonyl (C=O) groups excluding carboxylic acids is 1. The average Bonchev–Trinajstić information content (AvgIpc) is 3.06. The molecule has 3 heterocycles. The Bertz CT molecular complexity index is 680. The fourth-order valence-electron chi connectivity index (χ4n) is 2.75. The number of fused-ring (bicyclic) bond motifs is 1. The molecule has 23 heavy (non-hydrogen) atoms. The predicted octanol–water partition coefficient (Wildman–Crippen LogP) is 2.26. The van der Waals surface area contributed by atoms with Crippen molar-refractivity contribution in [3.05, 3.63) is 23.5 Å². The highest BCUT2D eigenvalue weighted by Crippen LogP contribution is 2.21. The Labute approximate surface area is 148 Å². The van der Waals surface area contributed by atoms with Crippen molar-refractivity contribution in [2.75, 3.05) is 13.1 Å². The van der Waals surface area contributed by atoms with Crippen LogP contribution in [-0.2, 0) is 0 Å². The van der Waals surface area contributed by atoms with Gasteiger partial charge in [-0.15, -0.1) is 24.8 Å². The summed E-state index contributed by atoms with van der Waals surface area (Å²) in [6.07, 6.45) is 2.72. The molecule has 0 bridgehead atoms. The van der Waals surface area contributed by atoms with Gasteiger partial charge >= 0.3 is 0 Å². The number of nitrogens with one attached hydrogen (secondary N) is 2. The molecular formula is C15H23Cl2N5O. The number of aromatic nitrogens is 3. The van der Waals surface area contributed by atoms with Crippen LogP contribution in [0.2, 0.25) is 0 Å². The molecule has 1 atom stereocenters. The van der Waals surface area contributed by atoms with Gasteiger partial charge in [0, 0.05) is 24.3 Å². The maximum atomic E-state index is 12.5. The van der Waals surface area contributed by atoms with Crippen LogP contribution in [-0.4, -0.2) is 39.8 Å². The van der Waals surface area contributed by atoms with Gasteiger partial charge in [0.15, 0.2) is 5.65 Å². The van der Waals surface area contributed by atoms with Gasteiger partial charge < -0.3 is 10.6 Å². The van der Waals surface area contributed by atoms with E-state index in [9.17, 15) is 4.79 Å². The van der Waals surface area contributed by atoms with Crippen LogP contribution in [0.5, 0.6) is 0 Å². The zero-order valence-corrected chi connectivity index (χ0v) is 15.1. The number of amides is 1. The third-order valence-corrected chi connectivity index (χ3v) is 3.82. The van der Waals surface area contributed by atoms with Crippen LogP contribution in [0.25, 0.3) is 11.0 Å². The molecule has 0 spiro atoms. The second-order valence-electron chi connectivity index (χ2n) is 5.89. The van der Waals surface area contributed by atoms with E-state index in [1.54, 1.807) is 6.20 Å². The fourth-order valence-corrected chi connectivity index (χ4v) is 2.75. The van der Waals surface area contributed by atoms with E-state index in [0.29, 0.717) is 5.56 Å². The molecule has 1 fully saturated rings. The summed E-state index contributed by atoms with van der Waals surface area (Å²) in [5, 5.41) is 11.5. The summed E-state index contributed by atoms with van der Waals surface area (Å²) in [5.41, 5.74) is 2.27. The van der Waals surface area contributed by atoms with Crippen molar-refractivity contribution in [3.8, 4) is 0 Å². The molecule has 0 saturated carbocycles. The molecule has 1 unspecified atom stereocenters. The first-order valence-electron chi connectivity index (χ1n) is 7.42. The van der Waals surface area contributed by atoms with E-state index in [-0.39, 0.29) is 42.8 Å². The number of hydrogen-bond donors (Lipinski definition) is 2. The molecule has 8 heteroatoms. The topological polar surface area (TPSA) is 71.8 Å². The SMILES string of the molecule is Cc1cc(C(=O)NC2CCNC2)c2cnn(C(C)C)c2n1.Cl.Cl. The Kier molecular flexibility index (Phi) is 6.80. The molecule has 2 aromatic rings. The smallest absolute Gasteiger partial charge is 0.252 e. The van der Waals surface area contributed by atoms with Crippen LogP contribution in [0, 0.1) is 6.92 Å². The molecule has 1 aliphatic rings. The molecule has 2 aromatic heterocycles. The Balaban J connectivity index is 0.00000132. The van der Waals surface area contributed by atoms with E-state index in [1.807, 2.05) is 17.7 Å². The molecule has 128 valence electrons. The summed E-state index contributed by atoms with van der Waals surface area (Å²) in [5.74, 6) is -0.0393. The summed E-state index contributed by atoms with van der Waals surface area (Å²) in [7, 11) is 0. The maximum Gasteiger partial charge on any atom is 0.252 e. The number of nitrogens with zero attached hydrogens (tertiary/aromatic N) is 3. The Morgan fingerprint density at radius 1 is 1.43 bits per heavy atom. The van der Waals surface area contributed by atoms with Gasteiger partial charge in [0.05, 0.1) is 17.1 Å². The first-order valence-corrected chi connectivity index (χ1v) is 7.42. The maximum absolute atomic E-state index is 12.5. The van der Waals surface area contributed by atoms with Gasteiger partial charge in [0.1, 0.15) is 0 Å². The lowest BCUT2D eigenvalue weighted by atomic mass is 10.1. The number of halogens is 2. The van der Waals surface area contributed by atoms with Gasteiger partial charge in [-0.3, -0.25) is 4.79 Å². The fraction of sp³-hybridized carbons (Fsp3) is 0.533. The highest BCUT2D eigenvalue weighted by atomic mass is 35.5. The lowest BCUT2D eigenvalue weighted by Crippen LogP contribution is -2.36. The highest BCUT2D eigenvalue weighted by molar-refractivity contribution is 6.05. The van der Waals surface area contributed by atoms with Gasteiger partial charge in [-0.1, -0.05) is 0 Å². The second-order valence-corrected chi connectivity index (χ2v) is 5.89. The number of pyridine rings is 1. The van der Waals surface area contributed by atoms with Crippen LogP contribution in [0.1, 0.15) is 42.4 Å². The van der Waals surface area contributed by atoms with E-state index in [4.69, 9.17) is 0 Å². The van der Waals surface area contributed by atoms with Gasteiger partial charge in [-0.2, -0.15) is 5.10 Å². The van der Waals surface area contributed by atoms with Gasteiger partial charge in [-0.05, 0) is 39.8 Å². The molecular weight excluding hydrogens is 337 g/mol. The van der Waals surface area contributed by atoms with Crippen molar-refractivity contribution in [1.82, 2.24) is 25.4 Å². The van der Waals surface area contributed by atoms with Gasteiger partial charge in [0.2, 0.25) is 0 Å². The molecule has 6 nitrogen and oxygen atoms in total. The average molecular weight is 360 g/mol. The van der Waals surface area contributed by atoms with Gasteiger partial charge in [0.25, 0.3) is 5.91 Å². The number of aryl methyl sites for hydroxylation is 1. The largest absolute Gasteiger partial charge is 0.348 e. The monoisotopic (exact) mass is 359 g/mol. The first-order chi connectivity index (χ1) is 10.1. The normalized spacial score (nSPS) is 17.0. The van der Waals surface area contributed by atoms with E-state index in [2.05, 4.69) is 34.6 Å². The van der Waals surface area contributed by atoms with Crippen LogP contribution in [0.4, 0.5) is 0 Å². The van der Waals surface area contributed by atoms with E-state index in [0.717, 1.165) is 36.2 Å². The molecule has 1 saturated heterocycles. The lowest BCUT2D eigenvalue weighted by Gasteiger charge is -2.13. The summed E-state index contributed by atoms with van der Waals surface area (Å²) in [6.45, 7) is 7.82. The van der Waals surface area contributed by atoms with E-state index in [1.165, 1.54) is 0 Å². The molecule has 1 amide bonds. The minimum Gasteiger partial charge on any atom is -0.348 e. The molecule has 2 N–H and O–H groups in total.